The van der Waals surface area contributed by atoms with Gasteiger partial charge in [0.2, 0.25) is 0 Å². The van der Waals surface area contributed by atoms with Crippen LogP contribution >= 0.6 is 58.0 Å². The number of anilines is 4. The van der Waals surface area contributed by atoms with Crippen LogP contribution in [0.4, 0.5) is 22.7 Å². The number of pyridine rings is 4. The molecule has 0 aliphatic rings. The Hall–Kier alpha value is -11.4. The molecule has 34 heteroatoms. The number of sulfone groups is 4. The molecule has 0 radical (unpaired) electrons. The Balaban J connectivity index is 0.000000168. The number of carbonyl (C=O) groups is 4. The summed E-state index contributed by atoms with van der Waals surface area (Å²) in [6.45, 7) is 4.31. The molecular weight excluding hydrogens is 1720 g/mol. The van der Waals surface area contributed by atoms with Crippen LogP contribution in [0.1, 0.15) is 60.8 Å². The molecule has 8 aromatic carbocycles. The Morgan fingerprint density at radius 1 is 0.375 bits per heavy atom. The molecular formula is C86H75Cl5N10O15S4. The fourth-order valence-corrected chi connectivity index (χ4v) is 17.8. The Labute approximate surface area is 717 Å². The molecule has 5 heterocycles. The van der Waals surface area contributed by atoms with Crippen LogP contribution in [-0.4, -0.2) is 144 Å². The number of benzene rings is 8. The zero-order valence-electron chi connectivity index (χ0n) is 63.8. The number of hydrogen-bond acceptors (Lipinski definition) is 20. The minimum absolute atomic E-state index is 0.0157. The number of aliphatic hydroxyl groups excluding tert-OH is 3. The number of imidazole rings is 1. The van der Waals surface area contributed by atoms with Crippen LogP contribution in [-0.2, 0) is 45.9 Å². The quantitative estimate of drug-likeness (QED) is 0.0279. The Morgan fingerprint density at radius 2 is 0.708 bits per heavy atom. The van der Waals surface area contributed by atoms with Crippen LogP contribution in [0.3, 0.4) is 0 Å². The largest absolute Gasteiger partial charge is 0.395 e. The highest BCUT2D eigenvalue weighted by molar-refractivity contribution is 7.92. The molecule has 0 saturated heterocycles. The number of hydrogen-bond donors (Lipinski definition) is 7. The van der Waals surface area contributed by atoms with Gasteiger partial charge in [-0.05, 0) is 233 Å². The molecule has 2 atom stereocenters. The highest BCUT2D eigenvalue weighted by atomic mass is 35.5. The molecule has 2 unspecified atom stereocenters. The highest BCUT2D eigenvalue weighted by Gasteiger charge is 2.25. The van der Waals surface area contributed by atoms with Gasteiger partial charge >= 0.3 is 0 Å². The van der Waals surface area contributed by atoms with Crippen LogP contribution < -0.4 is 21.3 Å². The van der Waals surface area contributed by atoms with Gasteiger partial charge in [0, 0.05) is 105 Å². The van der Waals surface area contributed by atoms with Crippen molar-refractivity contribution < 1.29 is 68.2 Å². The molecule has 5 aromatic heterocycles. The second-order valence-electron chi connectivity index (χ2n) is 26.5. The van der Waals surface area contributed by atoms with Gasteiger partial charge in [-0.25, -0.2) is 38.7 Å². The molecule has 7 N–H and O–H groups in total. The van der Waals surface area contributed by atoms with Crippen LogP contribution in [0.25, 0.3) is 45.0 Å². The van der Waals surface area contributed by atoms with Gasteiger partial charge in [0.05, 0.1) is 121 Å². The van der Waals surface area contributed by atoms with E-state index in [1.165, 1.54) is 98.8 Å². The molecule has 120 heavy (non-hydrogen) atoms. The summed E-state index contributed by atoms with van der Waals surface area (Å²) in [4.78, 5) is 71.8. The fourth-order valence-electron chi connectivity index (χ4n) is 11.5. The van der Waals surface area contributed by atoms with E-state index in [1.54, 1.807) is 152 Å². The van der Waals surface area contributed by atoms with Crippen molar-refractivity contribution in [2.45, 2.75) is 59.1 Å². The van der Waals surface area contributed by atoms with E-state index in [0.717, 1.165) is 0 Å². The SMILES string of the molecule is CC(O)CS(=O)(=O)c1ccc(C(=O)Nc2ccc(Cl)c(-c3ccccn3)c2)c(Cl)c1.Cc1cc(S(=O)(=O)CC(C)O)ccc1C(=O)Nc1ccc(Cl)c(-c2ccccn2)c1.O=C(Nc1ccc(Cl)c(-c2ccccn2)c1)c1ccc(S(=O)(=O)CCO)cc1.O=C(Nc1ccc(Cl)c(-c2ccccn2)c1)c1ccc(S(=O)(=O)CCn2ccnc2)cc1. The average Bonchev–Trinajstić information content (AvgIpc) is 0.858. The third-order valence-electron chi connectivity index (χ3n) is 17.4. The number of rotatable bonds is 25. The lowest BCUT2D eigenvalue weighted by molar-refractivity contribution is 0.101. The summed E-state index contributed by atoms with van der Waals surface area (Å²) in [5.74, 6) is -2.86. The van der Waals surface area contributed by atoms with Gasteiger partial charge in [-0.3, -0.25) is 39.1 Å². The van der Waals surface area contributed by atoms with Gasteiger partial charge in [-0.15, -0.1) is 0 Å². The van der Waals surface area contributed by atoms with E-state index in [-0.39, 0.29) is 65.1 Å². The minimum atomic E-state index is -3.71. The number of carbonyl (C=O) groups excluding carboxylic acids is 4. The molecule has 618 valence electrons. The van der Waals surface area contributed by atoms with Gasteiger partial charge in [0.1, 0.15) is 0 Å². The Kier molecular flexibility index (Phi) is 31.4. The Bertz CT molecular complexity index is 6110. The molecule has 4 amide bonds. The predicted molar refractivity (Wildman–Crippen MR) is 467 cm³/mol. The summed E-state index contributed by atoms with van der Waals surface area (Å²) in [6.07, 6.45) is 9.51. The third kappa shape index (κ3) is 25.1. The summed E-state index contributed by atoms with van der Waals surface area (Å²) < 4.78 is 99.7. The number of nitrogens with one attached hydrogen (secondary N) is 4. The van der Waals surface area contributed by atoms with Crippen molar-refractivity contribution in [1.82, 2.24) is 29.5 Å². The molecule has 0 fully saturated rings. The van der Waals surface area contributed by atoms with Crippen molar-refractivity contribution in [1.29, 1.82) is 0 Å². The van der Waals surface area contributed by atoms with Crippen LogP contribution in [0, 0.1) is 6.92 Å². The monoisotopic (exact) mass is 1790 g/mol. The van der Waals surface area contributed by atoms with Crippen molar-refractivity contribution in [3.8, 4) is 45.0 Å². The summed E-state index contributed by atoms with van der Waals surface area (Å²) in [5.41, 5.74) is 9.16. The van der Waals surface area contributed by atoms with Crippen LogP contribution in [0.2, 0.25) is 25.1 Å². The van der Waals surface area contributed by atoms with Crippen molar-refractivity contribution in [3.63, 3.8) is 0 Å². The molecule has 0 spiro atoms. The standard InChI is InChI=1S/C23H19ClN4O3S.C22H21ClN2O4S.C21H18Cl2N2O4S.C20H17ClN2O4S/c24-21-9-6-18(15-20(21)22-3-1-2-10-26-22)27-23(29)17-4-7-19(8-5-17)32(30,31)14-13-28-12-11-25-16-28;1-14-11-17(30(28,29)13-15(2)26)7-8-18(14)22(27)25-16-6-9-20(23)19(12-16)21-5-3-4-10-24-21;1-13(26)12-30(28,29)15-6-7-16(19(23)11-15)21(27)25-14-5-8-18(22)17(10-14)20-4-2-3-9-24-20;21-18-9-6-15(13-17(18)19-3-1-2-10-22-19)23-20(25)14-4-7-16(8-5-14)28(26,27)12-11-24/h1-12,15-16H,13-14H2,(H,27,29);3-12,15,26H,13H2,1-2H3,(H,25,27);2-11,13,26H,12H2,1H3,(H,25,27);1-10,13,24H,11-12H2,(H,23,25). The van der Waals surface area contributed by atoms with Gasteiger partial charge in [0.25, 0.3) is 23.6 Å². The molecule has 0 aliphatic carbocycles. The maximum absolute atomic E-state index is 12.8. The molecule has 13 rings (SSSR count). The second-order valence-corrected chi connectivity index (χ2v) is 36.9. The van der Waals surface area contributed by atoms with E-state index in [1.807, 2.05) is 48.5 Å². The average molecular weight is 1790 g/mol. The number of nitrogens with zero attached hydrogens (tertiary/aromatic N) is 6. The van der Waals surface area contributed by atoms with Crippen molar-refractivity contribution in [3.05, 3.63) is 327 Å². The lowest BCUT2D eigenvalue weighted by atomic mass is 10.1. The van der Waals surface area contributed by atoms with E-state index >= 15 is 0 Å². The highest BCUT2D eigenvalue weighted by Crippen LogP contribution is 2.35. The molecule has 13 aromatic rings. The Morgan fingerprint density at radius 3 is 1.02 bits per heavy atom. The van der Waals surface area contributed by atoms with Gasteiger partial charge in [0.15, 0.2) is 39.3 Å². The first-order chi connectivity index (χ1) is 57.2. The minimum Gasteiger partial charge on any atom is -0.395 e. The number of aryl methyl sites for hydroxylation is 2. The van der Waals surface area contributed by atoms with Crippen LogP contribution in [0.5, 0.6) is 0 Å². The van der Waals surface area contributed by atoms with Crippen molar-refractivity contribution in [2.24, 2.45) is 0 Å². The molecule has 0 aliphatic heterocycles. The summed E-state index contributed by atoms with van der Waals surface area (Å²) in [6, 6.07) is 61.7. The second kappa shape index (κ2) is 41.5. The molecule has 0 saturated carbocycles. The van der Waals surface area contributed by atoms with E-state index in [2.05, 4.69) is 46.2 Å². The van der Waals surface area contributed by atoms with Gasteiger partial charge in [-0.2, -0.15) is 0 Å². The van der Waals surface area contributed by atoms with E-state index in [4.69, 9.17) is 63.1 Å². The topological polar surface area (TPSA) is 383 Å². The predicted octanol–water partition coefficient (Wildman–Crippen LogP) is 16.3. The number of halogens is 5. The van der Waals surface area contributed by atoms with Crippen LogP contribution in [0.15, 0.2) is 294 Å². The van der Waals surface area contributed by atoms with E-state index < -0.39 is 69.8 Å². The zero-order valence-corrected chi connectivity index (χ0v) is 70.9. The first kappa shape index (κ1) is 90.9. The summed E-state index contributed by atoms with van der Waals surface area (Å²) >= 11 is 31.2. The lowest BCUT2D eigenvalue weighted by Crippen LogP contribution is -2.19. The maximum atomic E-state index is 12.8. The fraction of sp³-hybridized carbons (Fsp3) is 0.128. The molecule has 0 bridgehead atoms. The first-order valence-corrected chi connectivity index (χ1v) is 44.7. The smallest absolute Gasteiger partial charge is 0.257 e. The number of aliphatic hydroxyl groups is 3. The molecule has 25 nitrogen and oxygen atoms in total. The van der Waals surface area contributed by atoms with E-state index in [0.29, 0.717) is 117 Å². The number of amides is 4. The third-order valence-corrected chi connectivity index (χ3v) is 26.3. The number of aromatic nitrogens is 6. The zero-order chi connectivity index (χ0) is 86.5. The van der Waals surface area contributed by atoms with Gasteiger partial charge in [-0.1, -0.05) is 82.3 Å². The summed E-state index contributed by atoms with van der Waals surface area (Å²) in [7, 11) is -14.4. The summed E-state index contributed by atoms with van der Waals surface area (Å²) in [5, 5.41) is 40.7. The first-order valence-electron chi connectivity index (χ1n) is 36.2. The lowest BCUT2D eigenvalue weighted by Gasteiger charge is -2.12. The van der Waals surface area contributed by atoms with Crippen molar-refractivity contribution in [2.75, 3.05) is 50.9 Å². The normalized spacial score (nSPS) is 11.8. The van der Waals surface area contributed by atoms with Crippen molar-refractivity contribution >= 4 is 144 Å². The maximum Gasteiger partial charge on any atom is 0.257 e. The van der Waals surface area contributed by atoms with Gasteiger partial charge < -0.3 is 41.2 Å². The van der Waals surface area contributed by atoms with E-state index in [9.17, 15) is 63.1 Å².